The highest BCUT2D eigenvalue weighted by Crippen LogP contribution is 2.42. The molecule has 0 bridgehead atoms. The number of carbonyl (C=O) groups excluding carboxylic acids is 3. The van der Waals surface area contributed by atoms with Crippen LogP contribution in [0.4, 0.5) is 9.59 Å². The summed E-state index contributed by atoms with van der Waals surface area (Å²) in [5, 5.41) is 6.73. The van der Waals surface area contributed by atoms with Gasteiger partial charge >= 0.3 is 12.2 Å². The standard InChI is InChI=1S/C32H45Cl2N5O5/c1-2-43-31(42)44-32(24-9-5-3-6-10-24)14-17-39(18-15-32)29(40)28(19-23-12-13-25(33)20-27(23)34)38-30(41)36-16-8-4-7-11-26-21-35-22-37-26/h12-13,20-22,24,28H,2-11,14-19H2,1H3,(H,35,37)(H2,36,38,41)/t28-/m1/s1. The number of urea groups is 1. The molecule has 2 heterocycles. The van der Waals surface area contributed by atoms with E-state index in [9.17, 15) is 14.4 Å². The molecule has 1 atom stereocenters. The maximum absolute atomic E-state index is 13.9. The van der Waals surface area contributed by atoms with Crippen molar-refractivity contribution >= 4 is 41.3 Å². The number of carbonyl (C=O) groups is 3. The van der Waals surface area contributed by atoms with Crippen molar-refractivity contribution in [3.8, 4) is 0 Å². The zero-order valence-corrected chi connectivity index (χ0v) is 27.1. The monoisotopic (exact) mass is 649 g/mol. The minimum atomic E-state index is -0.831. The summed E-state index contributed by atoms with van der Waals surface area (Å²) in [7, 11) is 0. The summed E-state index contributed by atoms with van der Waals surface area (Å²) in [6.07, 6.45) is 13.2. The largest absolute Gasteiger partial charge is 0.508 e. The molecule has 1 aromatic carbocycles. The average Bonchev–Trinajstić information content (AvgIpc) is 3.54. The Morgan fingerprint density at radius 3 is 2.57 bits per heavy atom. The lowest BCUT2D eigenvalue weighted by atomic mass is 9.72. The molecule has 0 spiro atoms. The Labute approximate surface area is 269 Å². The number of ether oxygens (including phenoxy) is 2. The molecule has 1 saturated carbocycles. The van der Waals surface area contributed by atoms with Crippen molar-refractivity contribution in [2.24, 2.45) is 5.92 Å². The number of imidazole rings is 1. The number of halogens is 2. The number of aryl methyl sites for hydroxylation is 1. The highest BCUT2D eigenvalue weighted by Gasteiger charge is 2.46. The number of rotatable bonds is 13. The van der Waals surface area contributed by atoms with Crippen molar-refractivity contribution in [1.82, 2.24) is 25.5 Å². The van der Waals surface area contributed by atoms with Crippen molar-refractivity contribution in [3.05, 3.63) is 52.0 Å². The third-order valence-corrected chi connectivity index (χ3v) is 9.41. The SMILES string of the molecule is CCOC(=O)OC1(C2CCCCC2)CCN(C(=O)[C@@H](Cc2ccc(Cl)cc2Cl)NC(=O)NCCCCCc2cnc[nH]2)CC1. The lowest BCUT2D eigenvalue weighted by Crippen LogP contribution is -2.57. The van der Waals surface area contributed by atoms with Gasteiger partial charge in [-0.1, -0.05) is 55.0 Å². The van der Waals surface area contributed by atoms with Gasteiger partial charge in [-0.15, -0.1) is 0 Å². The number of aromatic nitrogens is 2. The minimum Gasteiger partial charge on any atom is -0.435 e. The first kappa shape index (κ1) is 33.9. The zero-order valence-electron chi connectivity index (χ0n) is 25.5. The van der Waals surface area contributed by atoms with Crippen LogP contribution in [0.1, 0.15) is 82.4 Å². The number of piperidine rings is 1. The molecule has 2 aliphatic rings. The second-order valence-corrected chi connectivity index (χ2v) is 12.6. The minimum absolute atomic E-state index is 0.195. The van der Waals surface area contributed by atoms with E-state index in [0.29, 0.717) is 48.1 Å². The Bertz CT molecular complexity index is 1210. The summed E-state index contributed by atoms with van der Waals surface area (Å²) >= 11 is 12.6. The third kappa shape index (κ3) is 9.76. The summed E-state index contributed by atoms with van der Waals surface area (Å²) in [6, 6.07) is 3.90. The van der Waals surface area contributed by atoms with Crippen LogP contribution in [-0.2, 0) is 27.1 Å². The number of hydrogen-bond donors (Lipinski definition) is 3. The maximum atomic E-state index is 13.9. The van der Waals surface area contributed by atoms with Crippen LogP contribution in [0.15, 0.2) is 30.7 Å². The highest BCUT2D eigenvalue weighted by molar-refractivity contribution is 6.35. The number of benzene rings is 1. The molecular formula is C32H45Cl2N5O5. The van der Waals surface area contributed by atoms with Crippen LogP contribution in [0, 0.1) is 5.92 Å². The number of nitrogens with zero attached hydrogens (tertiary/aromatic N) is 2. The fourth-order valence-electron chi connectivity index (χ4n) is 6.42. The lowest BCUT2D eigenvalue weighted by molar-refractivity contribution is -0.143. The van der Waals surface area contributed by atoms with Crippen molar-refractivity contribution in [2.45, 2.75) is 95.6 Å². The Morgan fingerprint density at radius 2 is 1.89 bits per heavy atom. The van der Waals surface area contributed by atoms with Gasteiger partial charge in [-0.05, 0) is 62.6 Å². The predicted molar refractivity (Wildman–Crippen MR) is 170 cm³/mol. The second-order valence-electron chi connectivity index (χ2n) is 11.8. The fourth-order valence-corrected chi connectivity index (χ4v) is 6.90. The summed E-state index contributed by atoms with van der Waals surface area (Å²) in [5.41, 5.74) is 1.16. The van der Waals surface area contributed by atoms with E-state index >= 15 is 0 Å². The van der Waals surface area contributed by atoms with E-state index in [0.717, 1.165) is 57.1 Å². The van der Waals surface area contributed by atoms with Crippen LogP contribution in [0.25, 0.3) is 0 Å². The van der Waals surface area contributed by atoms with Gasteiger partial charge in [0.25, 0.3) is 0 Å². The topological polar surface area (TPSA) is 126 Å². The molecule has 12 heteroatoms. The first-order chi connectivity index (χ1) is 21.3. The van der Waals surface area contributed by atoms with Gasteiger partial charge in [0.1, 0.15) is 11.6 Å². The van der Waals surface area contributed by atoms with Crippen LogP contribution in [-0.4, -0.2) is 70.8 Å². The molecular weight excluding hydrogens is 605 g/mol. The molecule has 2 fully saturated rings. The molecule has 1 aliphatic carbocycles. The molecule has 3 N–H and O–H groups in total. The summed E-state index contributed by atoms with van der Waals surface area (Å²) in [5.74, 6) is 0.0454. The molecule has 44 heavy (non-hydrogen) atoms. The zero-order chi connectivity index (χ0) is 31.4. The van der Waals surface area contributed by atoms with Crippen LogP contribution >= 0.6 is 23.2 Å². The average molecular weight is 651 g/mol. The number of aromatic amines is 1. The number of likely N-dealkylation sites (tertiary alicyclic amines) is 1. The molecule has 1 aromatic heterocycles. The molecule has 10 nitrogen and oxygen atoms in total. The van der Waals surface area contributed by atoms with Crippen molar-refractivity contribution in [3.63, 3.8) is 0 Å². The van der Waals surface area contributed by atoms with Crippen LogP contribution in [0.2, 0.25) is 10.0 Å². The lowest BCUT2D eigenvalue weighted by Gasteiger charge is -2.47. The van der Waals surface area contributed by atoms with E-state index in [1.807, 2.05) is 6.20 Å². The van der Waals surface area contributed by atoms with E-state index < -0.39 is 23.8 Å². The van der Waals surface area contributed by atoms with Crippen LogP contribution < -0.4 is 10.6 Å². The first-order valence-electron chi connectivity index (χ1n) is 15.9. The van der Waals surface area contributed by atoms with E-state index in [2.05, 4.69) is 20.6 Å². The van der Waals surface area contributed by atoms with Crippen molar-refractivity contribution in [1.29, 1.82) is 0 Å². The van der Waals surface area contributed by atoms with Crippen LogP contribution in [0.5, 0.6) is 0 Å². The number of hydrogen-bond acceptors (Lipinski definition) is 6. The Kier molecular flexibility index (Phi) is 13.0. The van der Waals surface area contributed by atoms with Gasteiger partial charge in [-0.3, -0.25) is 4.79 Å². The molecule has 242 valence electrons. The molecule has 1 saturated heterocycles. The van der Waals surface area contributed by atoms with Gasteiger partial charge in [0, 0.05) is 60.8 Å². The molecule has 4 rings (SSSR count). The fraction of sp³-hybridized carbons (Fsp3) is 0.625. The quantitative estimate of drug-likeness (QED) is 0.169. The third-order valence-electron chi connectivity index (χ3n) is 8.83. The smallest absolute Gasteiger partial charge is 0.435 e. The van der Waals surface area contributed by atoms with Crippen molar-refractivity contribution in [2.75, 3.05) is 26.2 Å². The first-order valence-corrected chi connectivity index (χ1v) is 16.7. The Hall–Kier alpha value is -2.98. The Balaban J connectivity index is 1.37. The van der Waals surface area contributed by atoms with E-state index in [-0.39, 0.29) is 24.9 Å². The maximum Gasteiger partial charge on any atom is 0.508 e. The number of nitrogens with one attached hydrogen (secondary N) is 3. The Morgan fingerprint density at radius 1 is 1.11 bits per heavy atom. The predicted octanol–water partition coefficient (Wildman–Crippen LogP) is 6.45. The normalized spacial score (nSPS) is 17.5. The number of unbranched alkanes of at least 4 members (excludes halogenated alkanes) is 2. The highest BCUT2D eigenvalue weighted by atomic mass is 35.5. The van der Waals surface area contributed by atoms with Gasteiger partial charge in [-0.25, -0.2) is 14.6 Å². The van der Waals surface area contributed by atoms with E-state index in [1.54, 1.807) is 36.4 Å². The molecule has 0 radical (unpaired) electrons. The van der Waals surface area contributed by atoms with Gasteiger partial charge < -0.3 is 30.0 Å². The van der Waals surface area contributed by atoms with Gasteiger partial charge in [-0.2, -0.15) is 0 Å². The van der Waals surface area contributed by atoms with E-state index in [1.165, 1.54) is 6.42 Å². The number of amides is 3. The van der Waals surface area contributed by atoms with Gasteiger partial charge in [0.2, 0.25) is 5.91 Å². The summed E-state index contributed by atoms with van der Waals surface area (Å²) < 4.78 is 11.2. The molecule has 3 amide bonds. The summed E-state index contributed by atoms with van der Waals surface area (Å²) in [4.78, 5) is 48.2. The molecule has 2 aromatic rings. The van der Waals surface area contributed by atoms with E-state index in [4.69, 9.17) is 32.7 Å². The second kappa shape index (κ2) is 16.9. The molecule has 0 unspecified atom stereocenters. The number of H-pyrrole nitrogens is 1. The van der Waals surface area contributed by atoms with Crippen LogP contribution in [0.3, 0.4) is 0 Å². The van der Waals surface area contributed by atoms with Crippen molar-refractivity contribution < 1.29 is 23.9 Å². The van der Waals surface area contributed by atoms with Gasteiger partial charge in [0.15, 0.2) is 0 Å². The summed E-state index contributed by atoms with van der Waals surface area (Å²) in [6.45, 7) is 3.33. The molecule has 1 aliphatic heterocycles. The van der Waals surface area contributed by atoms with Gasteiger partial charge in [0.05, 0.1) is 12.9 Å².